The van der Waals surface area contributed by atoms with Crippen molar-refractivity contribution in [3.8, 4) is 11.1 Å². The monoisotopic (exact) mass is 380 g/mol. The fraction of sp³-hybridized carbons (Fsp3) is 0.391. The number of nitrogens with one attached hydrogen (secondary N) is 2. The predicted molar refractivity (Wildman–Crippen MR) is 110 cm³/mol. The van der Waals surface area contributed by atoms with Gasteiger partial charge in [-0.05, 0) is 28.7 Å². The van der Waals surface area contributed by atoms with Crippen LogP contribution in [-0.4, -0.2) is 31.7 Å². The molecule has 0 saturated heterocycles. The Morgan fingerprint density at radius 2 is 1.61 bits per heavy atom. The Hall–Kier alpha value is -2.82. The van der Waals surface area contributed by atoms with Crippen molar-refractivity contribution >= 4 is 12.0 Å². The van der Waals surface area contributed by atoms with Crippen LogP contribution < -0.4 is 10.6 Å². The number of carbonyl (C=O) groups excluding carboxylic acids is 2. The largest absolute Gasteiger partial charge is 0.449 e. The van der Waals surface area contributed by atoms with Gasteiger partial charge in [-0.1, -0.05) is 74.7 Å². The van der Waals surface area contributed by atoms with Crippen molar-refractivity contribution in [3.05, 3.63) is 59.7 Å². The molecule has 2 aromatic rings. The van der Waals surface area contributed by atoms with Gasteiger partial charge in [0.2, 0.25) is 5.91 Å². The van der Waals surface area contributed by atoms with Gasteiger partial charge >= 0.3 is 6.09 Å². The zero-order chi connectivity index (χ0) is 19.9. The van der Waals surface area contributed by atoms with E-state index in [0.29, 0.717) is 6.42 Å². The second kappa shape index (κ2) is 9.40. The van der Waals surface area contributed by atoms with Gasteiger partial charge in [0.25, 0.3) is 0 Å². The molecule has 5 heteroatoms. The normalized spacial score (nSPS) is 13.4. The molecule has 3 rings (SSSR count). The summed E-state index contributed by atoms with van der Waals surface area (Å²) >= 11 is 0. The summed E-state index contributed by atoms with van der Waals surface area (Å²) in [5.74, 6) is -0.179. The Labute approximate surface area is 166 Å². The van der Waals surface area contributed by atoms with Crippen LogP contribution in [0.25, 0.3) is 11.1 Å². The van der Waals surface area contributed by atoms with E-state index in [2.05, 4.69) is 41.8 Å². The minimum absolute atomic E-state index is 0.0108. The minimum Gasteiger partial charge on any atom is -0.449 e. The summed E-state index contributed by atoms with van der Waals surface area (Å²) in [6.45, 7) is 2.35. The lowest BCUT2D eigenvalue weighted by Crippen LogP contribution is -2.46. The van der Waals surface area contributed by atoms with Crippen LogP contribution in [0, 0.1) is 0 Å². The lowest BCUT2D eigenvalue weighted by atomic mass is 9.98. The molecule has 1 atom stereocenters. The van der Waals surface area contributed by atoms with Crippen LogP contribution >= 0.6 is 0 Å². The third-order valence-electron chi connectivity index (χ3n) is 5.30. The number of unbranched alkanes of at least 4 members (excludes halogenated alkanes) is 2. The quantitative estimate of drug-likeness (QED) is 0.674. The first kappa shape index (κ1) is 19.9. The van der Waals surface area contributed by atoms with Gasteiger partial charge in [-0.2, -0.15) is 0 Å². The molecule has 0 heterocycles. The maximum Gasteiger partial charge on any atom is 0.407 e. The highest BCUT2D eigenvalue weighted by molar-refractivity contribution is 5.85. The second-order valence-corrected chi connectivity index (χ2v) is 7.13. The van der Waals surface area contributed by atoms with E-state index in [1.807, 2.05) is 24.3 Å². The molecular weight excluding hydrogens is 352 g/mol. The van der Waals surface area contributed by atoms with E-state index >= 15 is 0 Å². The van der Waals surface area contributed by atoms with Gasteiger partial charge in [0.05, 0.1) is 0 Å². The molecule has 148 valence electrons. The fourth-order valence-corrected chi connectivity index (χ4v) is 3.82. The van der Waals surface area contributed by atoms with Crippen molar-refractivity contribution in [1.82, 2.24) is 10.6 Å². The summed E-state index contributed by atoms with van der Waals surface area (Å²) in [5, 5.41) is 5.34. The van der Waals surface area contributed by atoms with Crippen molar-refractivity contribution in [3.63, 3.8) is 0 Å². The third kappa shape index (κ3) is 4.35. The number of hydrogen-bond donors (Lipinski definition) is 2. The summed E-state index contributed by atoms with van der Waals surface area (Å²) < 4.78 is 5.54. The molecular formula is C23H28N2O3. The van der Waals surface area contributed by atoms with Gasteiger partial charge in [0.15, 0.2) is 0 Å². The molecule has 1 unspecified atom stereocenters. The molecule has 0 spiro atoms. The molecule has 2 amide bonds. The summed E-state index contributed by atoms with van der Waals surface area (Å²) in [5.41, 5.74) is 4.72. The minimum atomic E-state index is -0.563. The summed E-state index contributed by atoms with van der Waals surface area (Å²) in [6, 6.07) is 15.9. The molecule has 5 nitrogen and oxygen atoms in total. The molecule has 1 aliphatic carbocycles. The first-order valence-electron chi connectivity index (χ1n) is 9.98. The van der Waals surface area contributed by atoms with Crippen LogP contribution in [-0.2, 0) is 9.53 Å². The van der Waals surface area contributed by atoms with Gasteiger partial charge in [-0.25, -0.2) is 4.79 Å². The highest BCUT2D eigenvalue weighted by Crippen LogP contribution is 2.44. The van der Waals surface area contributed by atoms with Crippen molar-refractivity contribution in [2.45, 2.75) is 44.6 Å². The summed E-state index contributed by atoms with van der Waals surface area (Å²) in [4.78, 5) is 24.4. The van der Waals surface area contributed by atoms with Gasteiger partial charge in [-0.3, -0.25) is 4.79 Å². The molecule has 0 saturated carbocycles. The number of carbonyl (C=O) groups is 2. The number of alkyl carbamates (subject to hydrolysis) is 1. The highest BCUT2D eigenvalue weighted by Gasteiger charge is 2.29. The maximum absolute atomic E-state index is 12.4. The number of fused-ring (bicyclic) bond motifs is 3. The molecule has 0 fully saturated rings. The topological polar surface area (TPSA) is 67.4 Å². The van der Waals surface area contributed by atoms with Gasteiger partial charge in [0, 0.05) is 13.0 Å². The van der Waals surface area contributed by atoms with E-state index in [4.69, 9.17) is 4.74 Å². The molecule has 28 heavy (non-hydrogen) atoms. The van der Waals surface area contributed by atoms with Crippen molar-refractivity contribution in [2.24, 2.45) is 0 Å². The SMILES string of the molecule is CCCCCC(NC(=O)OCC1c2ccccc2-c2ccccc21)C(=O)NC. The fourth-order valence-electron chi connectivity index (χ4n) is 3.82. The van der Waals surface area contributed by atoms with Crippen LogP contribution in [0.1, 0.15) is 49.7 Å². The standard InChI is InChI=1S/C23H28N2O3/c1-3-4-5-14-21(22(26)24-2)25-23(27)28-15-20-18-12-8-6-10-16(18)17-11-7-9-13-19(17)20/h6-13,20-21H,3-5,14-15H2,1-2H3,(H,24,26)(H,25,27). The van der Waals surface area contributed by atoms with E-state index in [-0.39, 0.29) is 18.4 Å². The van der Waals surface area contributed by atoms with E-state index in [9.17, 15) is 9.59 Å². The lowest BCUT2D eigenvalue weighted by molar-refractivity contribution is -0.122. The average Bonchev–Trinajstić information content (AvgIpc) is 3.05. The lowest BCUT2D eigenvalue weighted by Gasteiger charge is -2.19. The number of benzene rings is 2. The van der Waals surface area contributed by atoms with E-state index in [0.717, 1.165) is 19.3 Å². The molecule has 1 aliphatic rings. The van der Waals surface area contributed by atoms with E-state index in [1.54, 1.807) is 7.05 Å². The van der Waals surface area contributed by atoms with Crippen molar-refractivity contribution < 1.29 is 14.3 Å². The van der Waals surface area contributed by atoms with Gasteiger partial charge in [-0.15, -0.1) is 0 Å². The number of hydrogen-bond acceptors (Lipinski definition) is 3. The number of ether oxygens (including phenoxy) is 1. The molecule has 0 aromatic heterocycles. The Morgan fingerprint density at radius 3 is 2.18 bits per heavy atom. The van der Waals surface area contributed by atoms with Gasteiger partial charge < -0.3 is 15.4 Å². The zero-order valence-corrected chi connectivity index (χ0v) is 16.5. The van der Waals surface area contributed by atoms with Crippen LogP contribution in [0.2, 0.25) is 0 Å². The second-order valence-electron chi connectivity index (χ2n) is 7.13. The molecule has 0 bridgehead atoms. The predicted octanol–water partition coefficient (Wildman–Crippen LogP) is 4.22. The van der Waals surface area contributed by atoms with Crippen LogP contribution in [0.4, 0.5) is 4.79 Å². The number of rotatable bonds is 8. The third-order valence-corrected chi connectivity index (χ3v) is 5.30. The average molecular weight is 380 g/mol. The van der Waals surface area contributed by atoms with Crippen LogP contribution in [0.3, 0.4) is 0 Å². The zero-order valence-electron chi connectivity index (χ0n) is 16.5. The summed E-state index contributed by atoms with van der Waals surface area (Å²) in [7, 11) is 1.58. The van der Waals surface area contributed by atoms with Gasteiger partial charge in [0.1, 0.15) is 12.6 Å². The number of amides is 2. The highest BCUT2D eigenvalue weighted by atomic mass is 16.5. The van der Waals surface area contributed by atoms with Crippen LogP contribution in [0.5, 0.6) is 0 Å². The maximum atomic E-state index is 12.4. The smallest absolute Gasteiger partial charge is 0.407 e. The van der Waals surface area contributed by atoms with E-state index in [1.165, 1.54) is 22.3 Å². The van der Waals surface area contributed by atoms with Crippen molar-refractivity contribution in [1.29, 1.82) is 0 Å². The van der Waals surface area contributed by atoms with Crippen molar-refractivity contribution in [2.75, 3.05) is 13.7 Å². The first-order chi connectivity index (χ1) is 13.7. The Kier molecular flexibility index (Phi) is 6.69. The summed E-state index contributed by atoms with van der Waals surface area (Å²) in [6.07, 6.45) is 3.04. The molecule has 0 radical (unpaired) electrons. The molecule has 0 aliphatic heterocycles. The number of likely N-dealkylation sites (N-methyl/N-ethyl adjacent to an activating group) is 1. The first-order valence-corrected chi connectivity index (χ1v) is 9.98. The molecule has 2 aromatic carbocycles. The van der Waals surface area contributed by atoms with Crippen LogP contribution in [0.15, 0.2) is 48.5 Å². The Balaban J connectivity index is 1.64. The van der Waals surface area contributed by atoms with E-state index < -0.39 is 12.1 Å². The molecule has 2 N–H and O–H groups in total. The Morgan fingerprint density at radius 1 is 1.00 bits per heavy atom. The Bertz CT molecular complexity index is 789.